The van der Waals surface area contributed by atoms with Crippen LogP contribution in [-0.2, 0) is 6.42 Å². The quantitative estimate of drug-likeness (QED) is 0.768. The zero-order chi connectivity index (χ0) is 15.4. The highest BCUT2D eigenvalue weighted by atomic mass is 32.1. The lowest BCUT2D eigenvalue weighted by molar-refractivity contribution is 0.0950. The largest absolute Gasteiger partial charge is 0.350 e. The van der Waals surface area contributed by atoms with E-state index in [0.717, 1.165) is 16.1 Å². The van der Waals surface area contributed by atoms with E-state index in [4.69, 9.17) is 0 Å². The average Bonchev–Trinajstić information content (AvgIpc) is 3.20. The van der Waals surface area contributed by atoms with Gasteiger partial charge in [0.05, 0.1) is 0 Å². The lowest BCUT2D eigenvalue weighted by Gasteiger charge is -2.03. The SMILES string of the molecule is O=C(NCCc1ccc(F)cc1)c1csc(-c2ccsc2)n1. The van der Waals surface area contributed by atoms with Crippen LogP contribution in [0.5, 0.6) is 0 Å². The predicted octanol–water partition coefficient (Wildman–Crippen LogP) is 3.98. The van der Waals surface area contributed by atoms with E-state index in [-0.39, 0.29) is 11.7 Å². The Labute approximate surface area is 135 Å². The van der Waals surface area contributed by atoms with Gasteiger partial charge in [-0.1, -0.05) is 12.1 Å². The average molecular weight is 332 g/mol. The van der Waals surface area contributed by atoms with Crippen LogP contribution < -0.4 is 5.32 Å². The zero-order valence-corrected chi connectivity index (χ0v) is 13.2. The summed E-state index contributed by atoms with van der Waals surface area (Å²) in [7, 11) is 0. The molecule has 0 saturated heterocycles. The summed E-state index contributed by atoms with van der Waals surface area (Å²) in [5.41, 5.74) is 2.46. The standard InChI is InChI=1S/C16H13FN2OS2/c17-13-3-1-11(2-4-13)5-7-18-15(20)14-10-22-16(19-14)12-6-8-21-9-12/h1-4,6,8-10H,5,7H2,(H,18,20). The third-order valence-electron chi connectivity index (χ3n) is 3.12. The third kappa shape index (κ3) is 3.58. The van der Waals surface area contributed by atoms with E-state index in [0.29, 0.717) is 18.7 Å². The van der Waals surface area contributed by atoms with Crippen molar-refractivity contribution >= 4 is 28.6 Å². The van der Waals surface area contributed by atoms with E-state index in [1.807, 2.05) is 16.8 Å². The summed E-state index contributed by atoms with van der Waals surface area (Å²) in [6.45, 7) is 0.496. The second-order valence-corrected chi connectivity index (χ2v) is 6.32. The number of thiazole rings is 1. The Morgan fingerprint density at radius 1 is 1.18 bits per heavy atom. The van der Waals surface area contributed by atoms with Gasteiger partial charge >= 0.3 is 0 Å². The van der Waals surface area contributed by atoms with Crippen molar-refractivity contribution in [3.8, 4) is 10.6 Å². The van der Waals surface area contributed by atoms with Crippen LogP contribution in [0.25, 0.3) is 10.6 Å². The minimum atomic E-state index is -0.254. The number of amides is 1. The molecule has 0 unspecified atom stereocenters. The number of nitrogens with one attached hydrogen (secondary N) is 1. The monoisotopic (exact) mass is 332 g/mol. The fraction of sp³-hybridized carbons (Fsp3) is 0.125. The molecule has 1 aromatic carbocycles. The van der Waals surface area contributed by atoms with Crippen molar-refractivity contribution in [1.29, 1.82) is 0 Å². The number of benzene rings is 1. The first-order valence-corrected chi connectivity index (χ1v) is 8.55. The molecule has 1 N–H and O–H groups in total. The number of carbonyl (C=O) groups is 1. The summed E-state index contributed by atoms with van der Waals surface area (Å²) in [5.74, 6) is -0.434. The van der Waals surface area contributed by atoms with Crippen LogP contribution in [0.4, 0.5) is 4.39 Å². The fourth-order valence-electron chi connectivity index (χ4n) is 1.96. The minimum Gasteiger partial charge on any atom is -0.350 e. The van der Waals surface area contributed by atoms with Crippen molar-refractivity contribution in [2.75, 3.05) is 6.54 Å². The van der Waals surface area contributed by atoms with Crippen molar-refractivity contribution in [2.45, 2.75) is 6.42 Å². The van der Waals surface area contributed by atoms with Crippen molar-refractivity contribution in [2.24, 2.45) is 0 Å². The lowest BCUT2D eigenvalue weighted by atomic mass is 10.1. The molecule has 1 amide bonds. The highest BCUT2D eigenvalue weighted by Gasteiger charge is 2.11. The lowest BCUT2D eigenvalue weighted by Crippen LogP contribution is -2.25. The molecule has 2 aromatic heterocycles. The molecule has 6 heteroatoms. The Bertz CT molecular complexity index is 751. The fourth-order valence-corrected chi connectivity index (χ4v) is 3.47. The molecule has 3 rings (SSSR count). The molecule has 22 heavy (non-hydrogen) atoms. The van der Waals surface area contributed by atoms with Gasteiger partial charge in [0.25, 0.3) is 5.91 Å². The number of carbonyl (C=O) groups excluding carboxylic acids is 1. The zero-order valence-electron chi connectivity index (χ0n) is 11.6. The van der Waals surface area contributed by atoms with E-state index in [2.05, 4.69) is 10.3 Å². The molecule has 0 spiro atoms. The molecule has 0 fully saturated rings. The maximum atomic E-state index is 12.8. The highest BCUT2D eigenvalue weighted by molar-refractivity contribution is 7.14. The predicted molar refractivity (Wildman–Crippen MR) is 87.9 cm³/mol. The van der Waals surface area contributed by atoms with E-state index in [1.165, 1.54) is 23.5 Å². The number of hydrogen-bond donors (Lipinski definition) is 1. The van der Waals surface area contributed by atoms with Gasteiger partial charge in [-0.15, -0.1) is 11.3 Å². The number of thiophene rings is 1. The molecule has 0 radical (unpaired) electrons. The van der Waals surface area contributed by atoms with Gasteiger partial charge < -0.3 is 5.32 Å². The Hall–Kier alpha value is -2.05. The van der Waals surface area contributed by atoms with Gasteiger partial charge in [-0.25, -0.2) is 9.37 Å². The number of halogens is 1. The number of hydrogen-bond acceptors (Lipinski definition) is 4. The molecule has 0 aliphatic carbocycles. The summed E-state index contributed by atoms with van der Waals surface area (Å²) in [6.07, 6.45) is 0.660. The Morgan fingerprint density at radius 3 is 2.73 bits per heavy atom. The molecule has 112 valence electrons. The molecule has 3 aromatic rings. The van der Waals surface area contributed by atoms with Crippen molar-refractivity contribution in [1.82, 2.24) is 10.3 Å². The molecule has 2 heterocycles. The highest BCUT2D eigenvalue weighted by Crippen LogP contribution is 2.25. The minimum absolute atomic E-state index is 0.181. The van der Waals surface area contributed by atoms with Gasteiger partial charge in [-0.2, -0.15) is 11.3 Å². The third-order valence-corrected chi connectivity index (χ3v) is 4.69. The number of nitrogens with zero attached hydrogens (tertiary/aromatic N) is 1. The Balaban J connectivity index is 1.55. The topological polar surface area (TPSA) is 42.0 Å². The van der Waals surface area contributed by atoms with Crippen molar-refractivity contribution in [3.05, 3.63) is 63.5 Å². The van der Waals surface area contributed by atoms with Crippen LogP contribution >= 0.6 is 22.7 Å². The maximum Gasteiger partial charge on any atom is 0.270 e. The molecule has 0 atom stereocenters. The second kappa shape index (κ2) is 6.81. The molecule has 0 saturated carbocycles. The van der Waals surface area contributed by atoms with Gasteiger partial charge in [-0.05, 0) is 35.6 Å². The van der Waals surface area contributed by atoms with Gasteiger partial charge in [0, 0.05) is 22.9 Å². The molecule has 0 aliphatic heterocycles. The summed E-state index contributed by atoms with van der Waals surface area (Å²) < 4.78 is 12.8. The van der Waals surface area contributed by atoms with Crippen LogP contribution in [0.2, 0.25) is 0 Å². The van der Waals surface area contributed by atoms with Gasteiger partial charge in [-0.3, -0.25) is 4.79 Å². The van der Waals surface area contributed by atoms with Crippen molar-refractivity contribution in [3.63, 3.8) is 0 Å². The molecular formula is C16H13FN2OS2. The first kappa shape index (κ1) is 14.9. The summed E-state index contributed by atoms with van der Waals surface area (Å²) in [5, 5.41) is 9.44. The van der Waals surface area contributed by atoms with Crippen LogP contribution in [0, 0.1) is 5.82 Å². The smallest absolute Gasteiger partial charge is 0.270 e. The maximum absolute atomic E-state index is 12.8. The first-order valence-electron chi connectivity index (χ1n) is 6.73. The Kier molecular flexibility index (Phi) is 4.60. The Morgan fingerprint density at radius 2 is 2.00 bits per heavy atom. The van der Waals surface area contributed by atoms with Crippen molar-refractivity contribution < 1.29 is 9.18 Å². The van der Waals surface area contributed by atoms with Gasteiger partial charge in [0.2, 0.25) is 0 Å². The first-order chi connectivity index (χ1) is 10.7. The van der Waals surface area contributed by atoms with Crippen LogP contribution in [0.3, 0.4) is 0 Å². The van der Waals surface area contributed by atoms with E-state index >= 15 is 0 Å². The number of rotatable bonds is 5. The number of aromatic nitrogens is 1. The molecule has 3 nitrogen and oxygen atoms in total. The van der Waals surface area contributed by atoms with E-state index in [1.54, 1.807) is 28.8 Å². The van der Waals surface area contributed by atoms with E-state index < -0.39 is 0 Å². The summed E-state index contributed by atoms with van der Waals surface area (Å²) >= 11 is 3.06. The van der Waals surface area contributed by atoms with Crippen LogP contribution in [-0.4, -0.2) is 17.4 Å². The molecular weight excluding hydrogens is 319 g/mol. The van der Waals surface area contributed by atoms with Gasteiger partial charge in [0.1, 0.15) is 16.5 Å². The summed E-state index contributed by atoms with van der Waals surface area (Å²) in [6, 6.07) is 8.27. The normalized spacial score (nSPS) is 10.6. The molecule has 0 bridgehead atoms. The van der Waals surface area contributed by atoms with Crippen LogP contribution in [0.15, 0.2) is 46.5 Å². The molecule has 0 aliphatic rings. The van der Waals surface area contributed by atoms with Crippen LogP contribution in [0.1, 0.15) is 16.1 Å². The van der Waals surface area contributed by atoms with E-state index in [9.17, 15) is 9.18 Å². The summed E-state index contributed by atoms with van der Waals surface area (Å²) in [4.78, 5) is 16.4. The van der Waals surface area contributed by atoms with Gasteiger partial charge in [0.15, 0.2) is 0 Å². The second-order valence-electron chi connectivity index (χ2n) is 4.68.